The van der Waals surface area contributed by atoms with Crippen LogP contribution in [-0.4, -0.2) is 47.3 Å². The molecule has 0 fully saturated rings. The molecule has 2 rings (SSSR count). The molecule has 0 spiro atoms. The second kappa shape index (κ2) is 12.0. The number of pyridine rings is 1. The normalized spacial score (nSPS) is 13.7. The summed E-state index contributed by atoms with van der Waals surface area (Å²) in [4.78, 5) is 29.0. The van der Waals surface area contributed by atoms with E-state index >= 15 is 0 Å². The number of aromatic nitrogens is 1. The fourth-order valence-electron chi connectivity index (χ4n) is 3.47. The molecule has 3 atom stereocenters. The van der Waals surface area contributed by atoms with Crippen molar-refractivity contribution in [1.29, 1.82) is 0 Å². The summed E-state index contributed by atoms with van der Waals surface area (Å²) >= 11 is 0. The molecule has 0 bridgehead atoms. The number of ether oxygens (including phenoxy) is 3. The summed E-state index contributed by atoms with van der Waals surface area (Å²) in [7, 11) is 1.35. The van der Waals surface area contributed by atoms with Crippen molar-refractivity contribution in [3.63, 3.8) is 0 Å². The first kappa shape index (κ1) is 25.9. The summed E-state index contributed by atoms with van der Waals surface area (Å²) in [6.45, 7) is 7.16. The molecule has 9 heteroatoms. The van der Waals surface area contributed by atoms with Gasteiger partial charge in [0.25, 0.3) is 5.91 Å². The van der Waals surface area contributed by atoms with E-state index in [1.54, 1.807) is 19.1 Å². The molecule has 0 saturated heterocycles. The van der Waals surface area contributed by atoms with E-state index in [4.69, 9.17) is 14.2 Å². The number of aromatic hydroxyl groups is 1. The molecule has 0 aliphatic carbocycles. The number of hydrogen-bond donors (Lipinski definition) is 2. The first-order chi connectivity index (χ1) is 15.7. The van der Waals surface area contributed by atoms with E-state index in [-0.39, 0.29) is 17.4 Å². The van der Waals surface area contributed by atoms with Crippen LogP contribution < -0.4 is 14.8 Å². The Balaban J connectivity index is 2.09. The molecular weight excluding hydrogens is 431 g/mol. The van der Waals surface area contributed by atoms with Crippen molar-refractivity contribution in [3.05, 3.63) is 48.0 Å². The van der Waals surface area contributed by atoms with Crippen molar-refractivity contribution in [2.75, 3.05) is 7.11 Å². The number of carbonyl (C=O) groups excluding carboxylic acids is 2. The van der Waals surface area contributed by atoms with Crippen molar-refractivity contribution in [2.24, 2.45) is 5.92 Å². The maximum Gasteiger partial charge on any atom is 0.328 e. The van der Waals surface area contributed by atoms with Gasteiger partial charge in [-0.05, 0) is 44.7 Å². The number of nitrogens with zero attached hydrogens (tertiary/aromatic N) is 1. The Morgan fingerprint density at radius 2 is 1.88 bits per heavy atom. The minimum Gasteiger partial charge on any atom is -0.503 e. The van der Waals surface area contributed by atoms with E-state index < -0.39 is 41.7 Å². The number of amides is 1. The van der Waals surface area contributed by atoms with Crippen LogP contribution in [0.5, 0.6) is 17.2 Å². The third-order valence-electron chi connectivity index (χ3n) is 5.37. The third-order valence-corrected chi connectivity index (χ3v) is 5.37. The molecule has 2 aromatic rings. The molecule has 33 heavy (non-hydrogen) atoms. The fraction of sp³-hybridized carbons (Fsp3) is 0.458. The molecule has 0 unspecified atom stereocenters. The topological polar surface area (TPSA) is 107 Å². The van der Waals surface area contributed by atoms with Gasteiger partial charge in [-0.2, -0.15) is 0 Å². The first-order valence-electron chi connectivity index (χ1n) is 10.9. The summed E-state index contributed by atoms with van der Waals surface area (Å²) in [5.74, 6) is -1.81. The van der Waals surface area contributed by atoms with E-state index in [0.29, 0.717) is 5.75 Å². The van der Waals surface area contributed by atoms with Crippen LogP contribution in [-0.2, 0) is 9.53 Å². The van der Waals surface area contributed by atoms with Gasteiger partial charge in [0.15, 0.2) is 17.2 Å². The van der Waals surface area contributed by atoms with E-state index in [0.717, 1.165) is 12.8 Å². The molecule has 1 amide bonds. The van der Waals surface area contributed by atoms with Gasteiger partial charge in [0.05, 0.1) is 7.11 Å². The predicted molar refractivity (Wildman–Crippen MR) is 120 cm³/mol. The van der Waals surface area contributed by atoms with Crippen LogP contribution in [0.3, 0.4) is 0 Å². The SMILES string of the molecule is CCC(CC)[C@@H](Oc1cccc(F)c1)[C@H](C)OC(=O)[C@H](C)NC(=O)c1nccc(OC)c1O. The van der Waals surface area contributed by atoms with Crippen molar-refractivity contribution in [2.45, 2.75) is 58.8 Å². The highest BCUT2D eigenvalue weighted by Gasteiger charge is 2.31. The summed E-state index contributed by atoms with van der Waals surface area (Å²) in [6.07, 6.45) is 1.66. The van der Waals surface area contributed by atoms with Crippen molar-refractivity contribution < 1.29 is 33.3 Å². The average Bonchev–Trinajstić information content (AvgIpc) is 2.79. The largest absolute Gasteiger partial charge is 0.503 e. The van der Waals surface area contributed by atoms with Gasteiger partial charge in [-0.25, -0.2) is 14.2 Å². The van der Waals surface area contributed by atoms with Gasteiger partial charge in [-0.3, -0.25) is 4.79 Å². The van der Waals surface area contributed by atoms with Crippen LogP contribution in [0.25, 0.3) is 0 Å². The molecule has 0 saturated carbocycles. The second-order valence-electron chi connectivity index (χ2n) is 7.66. The number of carbonyl (C=O) groups is 2. The Kier molecular flexibility index (Phi) is 9.44. The fourth-order valence-corrected chi connectivity index (χ4v) is 3.47. The molecular formula is C24H31FN2O6. The maximum atomic E-state index is 13.6. The van der Waals surface area contributed by atoms with Crippen LogP contribution in [0, 0.1) is 11.7 Å². The van der Waals surface area contributed by atoms with Gasteiger partial charge in [0.1, 0.15) is 29.8 Å². The zero-order valence-electron chi connectivity index (χ0n) is 19.5. The lowest BCUT2D eigenvalue weighted by Crippen LogP contribution is -2.45. The summed E-state index contributed by atoms with van der Waals surface area (Å²) in [6, 6.07) is 6.17. The number of nitrogens with one attached hydrogen (secondary N) is 1. The molecule has 180 valence electrons. The number of hydrogen-bond acceptors (Lipinski definition) is 7. The van der Waals surface area contributed by atoms with Crippen LogP contribution in [0.4, 0.5) is 4.39 Å². The minimum absolute atomic E-state index is 0.0545. The Labute approximate surface area is 193 Å². The second-order valence-corrected chi connectivity index (χ2v) is 7.66. The highest BCUT2D eigenvalue weighted by atomic mass is 19.1. The molecule has 8 nitrogen and oxygen atoms in total. The predicted octanol–water partition coefficient (Wildman–Crippen LogP) is 3.87. The van der Waals surface area contributed by atoms with Gasteiger partial charge in [-0.1, -0.05) is 19.9 Å². The summed E-state index contributed by atoms with van der Waals surface area (Å²) in [5.41, 5.74) is -0.272. The standard InChI is InChI=1S/C24H31FN2O6/c1-6-16(7-2)22(33-18-10-8-9-17(25)13-18)15(4)32-24(30)14(3)27-23(29)20-21(28)19(31-5)11-12-26-20/h8-16,22,28H,6-7H2,1-5H3,(H,27,29)/t14-,15-,22-/m0/s1. The molecule has 1 aromatic carbocycles. The van der Waals surface area contributed by atoms with Gasteiger partial charge in [-0.15, -0.1) is 0 Å². The molecule has 0 aliphatic heterocycles. The number of esters is 1. The Morgan fingerprint density at radius 3 is 2.48 bits per heavy atom. The number of benzene rings is 1. The molecule has 1 heterocycles. The van der Waals surface area contributed by atoms with Crippen molar-refractivity contribution in [1.82, 2.24) is 10.3 Å². The lowest BCUT2D eigenvalue weighted by molar-refractivity contribution is -0.156. The minimum atomic E-state index is -1.02. The highest BCUT2D eigenvalue weighted by Crippen LogP contribution is 2.28. The average molecular weight is 463 g/mol. The quantitative estimate of drug-likeness (QED) is 0.488. The van der Waals surface area contributed by atoms with Crippen molar-refractivity contribution in [3.8, 4) is 17.2 Å². The Hall–Kier alpha value is -3.36. The lowest BCUT2D eigenvalue weighted by atomic mass is 9.93. The lowest BCUT2D eigenvalue weighted by Gasteiger charge is -2.31. The number of methoxy groups -OCH3 is 1. The van der Waals surface area contributed by atoms with Crippen molar-refractivity contribution >= 4 is 11.9 Å². The zero-order valence-corrected chi connectivity index (χ0v) is 19.5. The van der Waals surface area contributed by atoms with Crippen LogP contribution in [0.1, 0.15) is 51.0 Å². The Bertz CT molecular complexity index is 950. The maximum absolute atomic E-state index is 13.6. The smallest absolute Gasteiger partial charge is 0.328 e. The summed E-state index contributed by atoms with van der Waals surface area (Å²) in [5, 5.41) is 12.6. The molecule has 0 aliphatic rings. The van der Waals surface area contributed by atoms with Gasteiger partial charge in [0.2, 0.25) is 0 Å². The number of rotatable bonds is 11. The van der Waals surface area contributed by atoms with Crippen LogP contribution >= 0.6 is 0 Å². The van der Waals surface area contributed by atoms with Crippen LogP contribution in [0.15, 0.2) is 36.5 Å². The third kappa shape index (κ3) is 6.81. The van der Waals surface area contributed by atoms with E-state index in [1.807, 2.05) is 13.8 Å². The highest BCUT2D eigenvalue weighted by molar-refractivity contribution is 5.97. The van der Waals surface area contributed by atoms with Gasteiger partial charge < -0.3 is 24.6 Å². The molecule has 2 N–H and O–H groups in total. The zero-order chi connectivity index (χ0) is 24.5. The summed E-state index contributed by atoms with van der Waals surface area (Å²) < 4.78 is 30.2. The van der Waals surface area contributed by atoms with E-state index in [9.17, 15) is 19.1 Å². The first-order valence-corrected chi connectivity index (χ1v) is 10.9. The van der Waals surface area contributed by atoms with Gasteiger partial charge >= 0.3 is 5.97 Å². The Morgan fingerprint density at radius 1 is 1.18 bits per heavy atom. The monoisotopic (exact) mass is 462 g/mol. The molecule has 1 aromatic heterocycles. The van der Waals surface area contributed by atoms with Gasteiger partial charge in [0, 0.05) is 18.3 Å². The van der Waals surface area contributed by atoms with E-state index in [2.05, 4.69) is 10.3 Å². The number of halogens is 1. The molecule has 0 radical (unpaired) electrons. The van der Waals surface area contributed by atoms with E-state index in [1.165, 1.54) is 38.4 Å². The van der Waals surface area contributed by atoms with Crippen LogP contribution in [0.2, 0.25) is 0 Å².